The average molecular weight is 301 g/mol. The van der Waals surface area contributed by atoms with Crippen LogP contribution in [0.2, 0.25) is 0 Å². The third kappa shape index (κ3) is 2.87. The van der Waals surface area contributed by atoms with E-state index in [1.807, 2.05) is 18.7 Å². The van der Waals surface area contributed by atoms with Gasteiger partial charge in [-0.15, -0.1) is 0 Å². The van der Waals surface area contributed by atoms with E-state index in [0.29, 0.717) is 6.42 Å². The molecule has 17 heavy (non-hydrogen) atoms. The fourth-order valence-electron chi connectivity index (χ4n) is 2.04. The molecule has 1 amide bonds. The van der Waals surface area contributed by atoms with Crippen LogP contribution in [0.15, 0.2) is 4.47 Å². The Kier molecular flexibility index (Phi) is 3.83. The minimum atomic E-state index is 0.146. The van der Waals surface area contributed by atoms with Gasteiger partial charge in [0.1, 0.15) is 0 Å². The Morgan fingerprint density at radius 3 is 2.88 bits per heavy atom. The molecule has 1 aromatic heterocycles. The van der Waals surface area contributed by atoms with Crippen LogP contribution in [0.1, 0.15) is 17.8 Å². The van der Waals surface area contributed by atoms with Crippen LogP contribution < -0.4 is 5.32 Å². The van der Waals surface area contributed by atoms with E-state index >= 15 is 0 Å². The molecule has 0 bridgehead atoms. The highest BCUT2D eigenvalue weighted by molar-refractivity contribution is 9.10. The predicted octanol–water partition coefficient (Wildman–Crippen LogP) is 0.813. The summed E-state index contributed by atoms with van der Waals surface area (Å²) in [5.41, 5.74) is 2.17. The Morgan fingerprint density at radius 2 is 2.24 bits per heavy atom. The summed E-state index contributed by atoms with van der Waals surface area (Å²) in [6.07, 6.45) is 0.578. The SMILES string of the molecule is Cc1nn(C)c(CN2CCNC(=O)CC2)c1Br. The van der Waals surface area contributed by atoms with E-state index in [2.05, 4.69) is 31.2 Å². The fraction of sp³-hybridized carbons (Fsp3) is 0.636. The number of hydrogen-bond donors (Lipinski definition) is 1. The number of rotatable bonds is 2. The molecular formula is C11H17BrN4O. The number of aromatic nitrogens is 2. The van der Waals surface area contributed by atoms with E-state index in [4.69, 9.17) is 0 Å². The summed E-state index contributed by atoms with van der Waals surface area (Å²) in [5.74, 6) is 0.146. The number of aryl methyl sites for hydroxylation is 2. The second kappa shape index (κ2) is 5.18. The highest BCUT2D eigenvalue weighted by Crippen LogP contribution is 2.21. The molecule has 0 spiro atoms. The van der Waals surface area contributed by atoms with Gasteiger partial charge >= 0.3 is 0 Å². The van der Waals surface area contributed by atoms with Crippen molar-refractivity contribution in [3.8, 4) is 0 Å². The van der Waals surface area contributed by atoms with E-state index in [1.165, 1.54) is 0 Å². The molecule has 1 N–H and O–H groups in total. The molecule has 1 aliphatic heterocycles. The van der Waals surface area contributed by atoms with Crippen LogP contribution in [-0.2, 0) is 18.4 Å². The molecule has 0 saturated carbocycles. The summed E-state index contributed by atoms with van der Waals surface area (Å²) in [5, 5.41) is 7.25. The van der Waals surface area contributed by atoms with Crippen LogP contribution in [0.3, 0.4) is 0 Å². The number of carbonyl (C=O) groups excluding carboxylic acids is 1. The molecule has 0 unspecified atom stereocenters. The molecule has 6 heteroatoms. The first-order chi connectivity index (χ1) is 8.08. The van der Waals surface area contributed by atoms with Crippen molar-refractivity contribution in [3.05, 3.63) is 15.9 Å². The van der Waals surface area contributed by atoms with Crippen LogP contribution in [-0.4, -0.2) is 40.2 Å². The van der Waals surface area contributed by atoms with Crippen molar-refractivity contribution in [3.63, 3.8) is 0 Å². The second-order valence-corrected chi connectivity index (χ2v) is 5.14. The van der Waals surface area contributed by atoms with E-state index in [-0.39, 0.29) is 5.91 Å². The number of amides is 1. The molecule has 1 fully saturated rings. The lowest BCUT2D eigenvalue weighted by Gasteiger charge is -2.19. The number of carbonyl (C=O) groups is 1. The van der Waals surface area contributed by atoms with E-state index in [0.717, 1.165) is 42.0 Å². The quantitative estimate of drug-likeness (QED) is 0.879. The molecule has 0 aliphatic carbocycles. The summed E-state index contributed by atoms with van der Waals surface area (Å²) in [4.78, 5) is 13.5. The molecule has 94 valence electrons. The van der Waals surface area contributed by atoms with Gasteiger partial charge in [0.2, 0.25) is 5.91 Å². The van der Waals surface area contributed by atoms with Crippen molar-refractivity contribution in [2.75, 3.05) is 19.6 Å². The number of nitrogens with one attached hydrogen (secondary N) is 1. The first-order valence-corrected chi connectivity index (χ1v) is 6.54. The van der Waals surface area contributed by atoms with Crippen molar-refractivity contribution in [2.24, 2.45) is 7.05 Å². The van der Waals surface area contributed by atoms with Crippen LogP contribution >= 0.6 is 15.9 Å². The van der Waals surface area contributed by atoms with E-state index in [1.54, 1.807) is 0 Å². The number of nitrogens with zero attached hydrogens (tertiary/aromatic N) is 3. The maximum atomic E-state index is 11.3. The van der Waals surface area contributed by atoms with Gasteiger partial charge in [0.25, 0.3) is 0 Å². The topological polar surface area (TPSA) is 50.2 Å². The van der Waals surface area contributed by atoms with Gasteiger partial charge < -0.3 is 5.32 Å². The third-order valence-electron chi connectivity index (χ3n) is 3.04. The van der Waals surface area contributed by atoms with Gasteiger partial charge in [-0.3, -0.25) is 14.4 Å². The lowest BCUT2D eigenvalue weighted by molar-refractivity contribution is -0.120. The van der Waals surface area contributed by atoms with Gasteiger partial charge in [-0.25, -0.2) is 0 Å². The maximum Gasteiger partial charge on any atom is 0.221 e. The van der Waals surface area contributed by atoms with Gasteiger partial charge in [-0.1, -0.05) is 0 Å². The molecule has 1 aliphatic rings. The zero-order valence-electron chi connectivity index (χ0n) is 10.2. The lowest BCUT2D eigenvalue weighted by Crippen LogP contribution is -2.29. The van der Waals surface area contributed by atoms with Gasteiger partial charge in [-0.2, -0.15) is 5.10 Å². The predicted molar refractivity (Wildman–Crippen MR) is 68.5 cm³/mol. The molecule has 0 radical (unpaired) electrons. The minimum Gasteiger partial charge on any atom is -0.355 e. The highest BCUT2D eigenvalue weighted by atomic mass is 79.9. The van der Waals surface area contributed by atoms with Gasteiger partial charge in [0, 0.05) is 39.6 Å². The lowest BCUT2D eigenvalue weighted by atomic mass is 10.3. The molecule has 2 heterocycles. The second-order valence-electron chi connectivity index (χ2n) is 4.35. The first-order valence-electron chi connectivity index (χ1n) is 5.75. The minimum absolute atomic E-state index is 0.146. The summed E-state index contributed by atoms with van der Waals surface area (Å²) >= 11 is 3.57. The Labute approximate surface area is 109 Å². The van der Waals surface area contributed by atoms with Gasteiger partial charge in [0.05, 0.1) is 15.9 Å². The van der Waals surface area contributed by atoms with Gasteiger partial charge in [0.15, 0.2) is 0 Å². The van der Waals surface area contributed by atoms with Crippen molar-refractivity contribution in [2.45, 2.75) is 19.9 Å². The Bertz CT molecular complexity index is 429. The van der Waals surface area contributed by atoms with Crippen molar-refractivity contribution in [1.29, 1.82) is 0 Å². The number of halogens is 1. The third-order valence-corrected chi connectivity index (χ3v) is 4.07. The Morgan fingerprint density at radius 1 is 1.47 bits per heavy atom. The van der Waals surface area contributed by atoms with Crippen molar-refractivity contribution in [1.82, 2.24) is 20.0 Å². The molecule has 5 nitrogen and oxygen atoms in total. The largest absolute Gasteiger partial charge is 0.355 e. The van der Waals surface area contributed by atoms with E-state index in [9.17, 15) is 4.79 Å². The standard InChI is InChI=1S/C11H17BrN4O/c1-8-11(12)9(15(2)14-8)7-16-5-3-10(17)13-4-6-16/h3-7H2,1-2H3,(H,13,17). The van der Waals surface area contributed by atoms with Crippen LogP contribution in [0, 0.1) is 6.92 Å². The molecule has 2 rings (SSSR count). The maximum absolute atomic E-state index is 11.3. The number of hydrogen-bond acceptors (Lipinski definition) is 3. The van der Waals surface area contributed by atoms with Gasteiger partial charge in [-0.05, 0) is 22.9 Å². The summed E-state index contributed by atoms with van der Waals surface area (Å²) < 4.78 is 2.98. The normalized spacial score (nSPS) is 17.9. The fourth-order valence-corrected chi connectivity index (χ4v) is 2.50. The summed E-state index contributed by atoms with van der Waals surface area (Å²) in [7, 11) is 1.95. The molecule has 1 saturated heterocycles. The first kappa shape index (κ1) is 12.6. The zero-order chi connectivity index (χ0) is 12.4. The molecule has 0 aromatic carbocycles. The Balaban J connectivity index is 2.07. The highest BCUT2D eigenvalue weighted by Gasteiger charge is 2.17. The van der Waals surface area contributed by atoms with Crippen molar-refractivity contribution >= 4 is 21.8 Å². The summed E-state index contributed by atoms with van der Waals surface area (Å²) in [6.45, 7) is 5.24. The smallest absolute Gasteiger partial charge is 0.221 e. The van der Waals surface area contributed by atoms with Crippen LogP contribution in [0.4, 0.5) is 0 Å². The van der Waals surface area contributed by atoms with Crippen LogP contribution in [0.25, 0.3) is 0 Å². The van der Waals surface area contributed by atoms with Crippen molar-refractivity contribution < 1.29 is 4.79 Å². The average Bonchev–Trinajstić information content (AvgIpc) is 2.46. The van der Waals surface area contributed by atoms with E-state index < -0.39 is 0 Å². The summed E-state index contributed by atoms with van der Waals surface area (Å²) in [6, 6.07) is 0. The monoisotopic (exact) mass is 300 g/mol. The molecule has 0 atom stereocenters. The van der Waals surface area contributed by atoms with Crippen LogP contribution in [0.5, 0.6) is 0 Å². The molecule has 1 aromatic rings. The molecular weight excluding hydrogens is 284 g/mol. The Hall–Kier alpha value is -0.880. The zero-order valence-corrected chi connectivity index (χ0v) is 11.7.